The smallest absolute Gasteiger partial charge is 0.323 e. The van der Waals surface area contributed by atoms with Crippen molar-refractivity contribution in [2.45, 2.75) is 27.7 Å². The first-order chi connectivity index (χ1) is 18.2. The number of allylic oxidation sites excluding steroid dienone is 4. The number of carbonyl (C=O) groups excluding carboxylic acids is 2. The quantitative estimate of drug-likeness (QED) is 0.349. The molecular weight excluding hydrogens is 464 g/mol. The molecule has 0 saturated carbocycles. The van der Waals surface area contributed by atoms with Crippen molar-refractivity contribution in [2.24, 2.45) is 10.9 Å². The Morgan fingerprint density at radius 1 is 0.757 bits per heavy atom. The van der Waals surface area contributed by atoms with E-state index in [2.05, 4.69) is 20.9 Å². The number of para-hydroxylation sites is 2. The van der Waals surface area contributed by atoms with Crippen LogP contribution >= 0.6 is 0 Å². The van der Waals surface area contributed by atoms with E-state index in [9.17, 15) is 9.59 Å². The molecule has 2 heterocycles. The van der Waals surface area contributed by atoms with E-state index in [0.29, 0.717) is 5.76 Å². The van der Waals surface area contributed by atoms with Gasteiger partial charge >= 0.3 is 6.03 Å². The highest BCUT2D eigenvalue weighted by atomic mass is 16.3. The fourth-order valence-electron chi connectivity index (χ4n) is 3.19. The van der Waals surface area contributed by atoms with Gasteiger partial charge in [0.15, 0.2) is 5.76 Å². The second-order valence-corrected chi connectivity index (χ2v) is 7.10. The Labute approximate surface area is 218 Å². The molecule has 7 nitrogen and oxygen atoms in total. The van der Waals surface area contributed by atoms with Crippen molar-refractivity contribution in [2.75, 3.05) is 10.6 Å². The highest BCUT2D eigenvalue weighted by Crippen LogP contribution is 2.23. The van der Waals surface area contributed by atoms with E-state index in [0.717, 1.165) is 22.8 Å². The molecule has 1 aromatic heterocycles. The van der Waals surface area contributed by atoms with Crippen molar-refractivity contribution in [1.29, 1.82) is 0 Å². The Balaban J connectivity index is 0.000000238. The second kappa shape index (κ2) is 16.1. The maximum atomic E-state index is 11.9. The maximum absolute atomic E-state index is 11.9. The normalized spacial score (nSPS) is 14.0. The molecular formula is C30H34N4O3. The Bertz CT molecular complexity index is 1210. The standard InChI is InChI=1S/C15H13N3O.C11H9NO2.2C2H6/c19-15(17-11-6-2-1-3-7-11)18-14-10-16-13-9-5-4-8-12(13)14;13-11(10-7-4-8-14-10)12-9-5-2-1-3-6-9;2*1-2/h1-10,12H,(H2,17,18,19);1-8H,(H,12,13);2*1-2H3. The number of rotatable bonds is 4. The molecule has 1 aliphatic carbocycles. The number of fused-ring (bicyclic) bond motifs is 1. The van der Waals surface area contributed by atoms with E-state index < -0.39 is 0 Å². The van der Waals surface area contributed by atoms with Crippen LogP contribution in [0.4, 0.5) is 16.2 Å². The number of amides is 3. The zero-order valence-corrected chi connectivity index (χ0v) is 21.6. The lowest BCUT2D eigenvalue weighted by Gasteiger charge is -2.15. The van der Waals surface area contributed by atoms with Gasteiger partial charge in [-0.25, -0.2) is 4.79 Å². The summed E-state index contributed by atoms with van der Waals surface area (Å²) < 4.78 is 4.96. The van der Waals surface area contributed by atoms with Crippen LogP contribution in [0.5, 0.6) is 0 Å². The highest BCUT2D eigenvalue weighted by Gasteiger charge is 2.23. The van der Waals surface area contributed by atoms with E-state index in [1.165, 1.54) is 6.26 Å². The number of furan rings is 1. The predicted octanol–water partition coefficient (Wildman–Crippen LogP) is 7.43. The number of hydrogen-bond acceptors (Lipinski definition) is 4. The molecule has 0 spiro atoms. The van der Waals surface area contributed by atoms with E-state index in [1.807, 2.05) is 113 Å². The summed E-state index contributed by atoms with van der Waals surface area (Å²) in [7, 11) is 0. The predicted molar refractivity (Wildman–Crippen MR) is 152 cm³/mol. The van der Waals surface area contributed by atoms with E-state index in [4.69, 9.17) is 4.42 Å². The summed E-state index contributed by atoms with van der Waals surface area (Å²) in [6.07, 6.45) is 11.0. The summed E-state index contributed by atoms with van der Waals surface area (Å²) in [5, 5.41) is 8.33. The molecule has 0 bridgehead atoms. The summed E-state index contributed by atoms with van der Waals surface area (Å²) >= 11 is 0. The summed E-state index contributed by atoms with van der Waals surface area (Å²) in [5.74, 6) is 0.140. The molecule has 37 heavy (non-hydrogen) atoms. The minimum Gasteiger partial charge on any atom is -0.459 e. The number of carbonyl (C=O) groups is 2. The van der Waals surface area contributed by atoms with Gasteiger partial charge in [-0.1, -0.05) is 82.3 Å². The van der Waals surface area contributed by atoms with Crippen LogP contribution in [0.3, 0.4) is 0 Å². The molecule has 3 N–H and O–H groups in total. The number of urea groups is 1. The van der Waals surface area contributed by atoms with E-state index in [1.54, 1.807) is 18.3 Å². The van der Waals surface area contributed by atoms with Gasteiger partial charge in [-0.3, -0.25) is 9.79 Å². The molecule has 7 heteroatoms. The molecule has 1 atom stereocenters. The largest absolute Gasteiger partial charge is 0.459 e. The third-order valence-electron chi connectivity index (χ3n) is 4.75. The first-order valence-electron chi connectivity index (χ1n) is 12.3. The second-order valence-electron chi connectivity index (χ2n) is 7.10. The zero-order chi connectivity index (χ0) is 26.9. The highest BCUT2D eigenvalue weighted by molar-refractivity contribution is 6.04. The molecule has 5 rings (SSSR count). The first kappa shape index (κ1) is 28.6. The van der Waals surface area contributed by atoms with Gasteiger partial charge in [-0.15, -0.1) is 0 Å². The fourth-order valence-corrected chi connectivity index (χ4v) is 3.19. The Hall–Kier alpha value is -4.65. The monoisotopic (exact) mass is 498 g/mol. The molecule has 2 aromatic carbocycles. The zero-order valence-electron chi connectivity index (χ0n) is 21.6. The Morgan fingerprint density at radius 2 is 1.38 bits per heavy atom. The van der Waals surface area contributed by atoms with E-state index >= 15 is 0 Å². The summed E-state index contributed by atoms with van der Waals surface area (Å²) in [6.45, 7) is 8.00. The molecule has 192 valence electrons. The fraction of sp³-hybridized carbons (Fsp3) is 0.167. The number of nitrogens with one attached hydrogen (secondary N) is 3. The van der Waals surface area contributed by atoms with E-state index in [-0.39, 0.29) is 17.9 Å². The Morgan fingerprint density at radius 3 is 1.97 bits per heavy atom. The molecule has 0 fully saturated rings. The van der Waals surface area contributed by atoms with Gasteiger partial charge in [0.2, 0.25) is 0 Å². The van der Waals surface area contributed by atoms with Crippen LogP contribution in [0.25, 0.3) is 0 Å². The molecule has 0 radical (unpaired) electrons. The lowest BCUT2D eigenvalue weighted by Crippen LogP contribution is -2.31. The van der Waals surface area contributed by atoms with Gasteiger partial charge in [0.1, 0.15) is 0 Å². The van der Waals surface area contributed by atoms with Crippen LogP contribution in [0, 0.1) is 5.92 Å². The first-order valence-corrected chi connectivity index (χ1v) is 12.3. The molecule has 1 aliphatic heterocycles. The summed E-state index contributed by atoms with van der Waals surface area (Å²) in [4.78, 5) is 27.6. The Kier molecular flexibility index (Phi) is 12.4. The summed E-state index contributed by atoms with van der Waals surface area (Å²) in [6, 6.07) is 21.6. The van der Waals surface area contributed by atoms with Gasteiger partial charge in [0.05, 0.1) is 23.6 Å². The van der Waals surface area contributed by atoms with Crippen molar-refractivity contribution < 1.29 is 14.0 Å². The lowest BCUT2D eigenvalue weighted by atomic mass is 9.97. The number of anilines is 2. The average molecular weight is 499 g/mol. The van der Waals surface area contributed by atoms with Gasteiger partial charge < -0.3 is 20.4 Å². The molecule has 3 aromatic rings. The van der Waals surface area contributed by atoms with Crippen molar-refractivity contribution in [3.05, 3.63) is 121 Å². The third-order valence-corrected chi connectivity index (χ3v) is 4.75. The number of aliphatic imine (C=N–C) groups is 1. The van der Waals surface area contributed by atoms with Gasteiger partial charge in [0.25, 0.3) is 5.91 Å². The van der Waals surface area contributed by atoms with Gasteiger partial charge in [0, 0.05) is 17.6 Å². The summed E-state index contributed by atoms with van der Waals surface area (Å²) in [5.41, 5.74) is 3.27. The van der Waals surface area contributed by atoms with Crippen LogP contribution in [0.1, 0.15) is 38.2 Å². The minimum atomic E-state index is -0.253. The van der Waals surface area contributed by atoms with Gasteiger partial charge in [-0.2, -0.15) is 0 Å². The topological polar surface area (TPSA) is 95.7 Å². The SMILES string of the molecule is CC.CC.O=C(NC1=CN=C2C=CC=CC12)Nc1ccccc1.O=C(Nc1ccccc1)c1ccco1. The number of benzene rings is 2. The molecule has 2 aliphatic rings. The minimum absolute atomic E-state index is 0.0616. The van der Waals surface area contributed by atoms with Crippen molar-refractivity contribution in [3.63, 3.8) is 0 Å². The van der Waals surface area contributed by atoms with Crippen LogP contribution in [-0.4, -0.2) is 17.6 Å². The van der Waals surface area contributed by atoms with Crippen LogP contribution in [0.15, 0.2) is 125 Å². The third kappa shape index (κ3) is 9.14. The lowest BCUT2D eigenvalue weighted by molar-refractivity contribution is 0.0996. The van der Waals surface area contributed by atoms with Crippen LogP contribution in [-0.2, 0) is 0 Å². The van der Waals surface area contributed by atoms with Crippen molar-refractivity contribution >= 4 is 29.0 Å². The van der Waals surface area contributed by atoms with Crippen LogP contribution < -0.4 is 16.0 Å². The number of hydrogen-bond donors (Lipinski definition) is 3. The molecule has 3 amide bonds. The molecule has 0 saturated heterocycles. The van der Waals surface area contributed by atoms with Crippen molar-refractivity contribution in [3.8, 4) is 0 Å². The number of nitrogens with zero attached hydrogens (tertiary/aromatic N) is 1. The van der Waals surface area contributed by atoms with Gasteiger partial charge in [-0.05, 0) is 42.5 Å². The average Bonchev–Trinajstić information content (AvgIpc) is 3.64. The van der Waals surface area contributed by atoms with Crippen LogP contribution in [0.2, 0.25) is 0 Å². The molecule has 1 unspecified atom stereocenters. The maximum Gasteiger partial charge on any atom is 0.323 e. The van der Waals surface area contributed by atoms with Crippen molar-refractivity contribution in [1.82, 2.24) is 5.32 Å².